The van der Waals surface area contributed by atoms with Crippen LogP contribution in [0.5, 0.6) is 0 Å². The number of amides is 1. The Bertz CT molecular complexity index is 991. The van der Waals surface area contributed by atoms with Crippen molar-refractivity contribution in [3.05, 3.63) is 47.9 Å². The Balaban J connectivity index is 1.38. The van der Waals surface area contributed by atoms with Gasteiger partial charge in [0.15, 0.2) is 9.84 Å². The number of carbonyl (C=O) groups excluding carboxylic acids is 1. The number of rotatable bonds is 5. The Labute approximate surface area is 169 Å². The van der Waals surface area contributed by atoms with Crippen molar-refractivity contribution in [1.82, 2.24) is 14.7 Å². The molecule has 4 rings (SSSR count). The maximum Gasteiger partial charge on any atom is 0.229 e. The predicted octanol–water partition coefficient (Wildman–Crippen LogP) is 2.23. The van der Waals surface area contributed by atoms with Crippen LogP contribution in [-0.4, -0.2) is 53.6 Å². The number of aromatic nitrogens is 2. The van der Waals surface area contributed by atoms with E-state index in [1.165, 1.54) is 12.1 Å². The van der Waals surface area contributed by atoms with Gasteiger partial charge in [0.2, 0.25) is 5.91 Å². The lowest BCUT2D eigenvalue weighted by atomic mass is 9.96. The van der Waals surface area contributed by atoms with Crippen molar-refractivity contribution in [2.24, 2.45) is 5.92 Å². The van der Waals surface area contributed by atoms with Crippen LogP contribution in [-0.2, 0) is 21.2 Å². The molecule has 2 aliphatic heterocycles. The van der Waals surface area contributed by atoms with Gasteiger partial charge in [0.1, 0.15) is 11.6 Å². The summed E-state index contributed by atoms with van der Waals surface area (Å²) >= 11 is 0. The molecule has 0 bridgehead atoms. The molecule has 2 aliphatic rings. The number of nitrogens with zero attached hydrogens (tertiary/aromatic N) is 3. The van der Waals surface area contributed by atoms with E-state index < -0.39 is 9.84 Å². The molecule has 2 atom stereocenters. The van der Waals surface area contributed by atoms with E-state index in [0.717, 1.165) is 24.9 Å². The molecule has 0 radical (unpaired) electrons. The van der Waals surface area contributed by atoms with Crippen molar-refractivity contribution in [3.8, 4) is 0 Å². The van der Waals surface area contributed by atoms with E-state index in [9.17, 15) is 17.6 Å². The molecule has 156 valence electrons. The Morgan fingerprint density at radius 1 is 1.28 bits per heavy atom. The highest BCUT2D eigenvalue weighted by molar-refractivity contribution is 7.91. The maximum atomic E-state index is 13.4. The van der Waals surface area contributed by atoms with Gasteiger partial charge in [-0.2, -0.15) is 5.10 Å². The number of sulfone groups is 1. The summed E-state index contributed by atoms with van der Waals surface area (Å²) in [5.74, 6) is 0.241. The number of nitrogens with one attached hydrogen (secondary N) is 1. The fourth-order valence-electron chi connectivity index (χ4n) is 4.21. The Morgan fingerprint density at radius 3 is 2.90 bits per heavy atom. The van der Waals surface area contributed by atoms with Crippen molar-refractivity contribution in [3.63, 3.8) is 0 Å². The summed E-state index contributed by atoms with van der Waals surface area (Å²) in [5.41, 5.74) is 0.895. The fraction of sp³-hybridized carbons (Fsp3) is 0.500. The van der Waals surface area contributed by atoms with Crippen molar-refractivity contribution in [2.75, 3.05) is 29.9 Å². The first-order valence-corrected chi connectivity index (χ1v) is 11.7. The maximum absolute atomic E-state index is 13.4. The first kappa shape index (κ1) is 20.0. The average Bonchev–Trinajstić information content (AvgIpc) is 3.27. The number of carbonyl (C=O) groups is 1. The summed E-state index contributed by atoms with van der Waals surface area (Å²) in [6, 6.07) is 8.01. The minimum atomic E-state index is -3.03. The molecule has 0 unspecified atom stereocenters. The molecule has 1 aromatic carbocycles. The van der Waals surface area contributed by atoms with Gasteiger partial charge in [-0.05, 0) is 43.5 Å². The SMILES string of the molecule is O=C(Nc1ccnn1[C@@H]1CCS(=O)(=O)C1)[C@@H]1CCCN(Cc2cccc(F)c2)C1. The fourth-order valence-corrected chi connectivity index (χ4v) is 5.90. The molecule has 0 spiro atoms. The van der Waals surface area contributed by atoms with Crippen LogP contribution >= 0.6 is 0 Å². The molecule has 9 heteroatoms. The molecule has 1 aromatic heterocycles. The van der Waals surface area contributed by atoms with Crippen LogP contribution in [0.2, 0.25) is 0 Å². The minimum Gasteiger partial charge on any atom is -0.311 e. The number of likely N-dealkylation sites (tertiary alicyclic amines) is 1. The lowest BCUT2D eigenvalue weighted by Crippen LogP contribution is -2.40. The summed E-state index contributed by atoms with van der Waals surface area (Å²) in [5, 5.41) is 7.17. The van der Waals surface area contributed by atoms with Gasteiger partial charge in [0, 0.05) is 19.2 Å². The summed E-state index contributed by atoms with van der Waals surface area (Å²) in [6.07, 6.45) is 3.78. The molecule has 2 aromatic rings. The smallest absolute Gasteiger partial charge is 0.229 e. The van der Waals surface area contributed by atoms with Gasteiger partial charge in [0.05, 0.1) is 29.7 Å². The van der Waals surface area contributed by atoms with Crippen molar-refractivity contribution >= 4 is 21.6 Å². The number of benzene rings is 1. The van der Waals surface area contributed by atoms with Crippen molar-refractivity contribution < 1.29 is 17.6 Å². The summed E-state index contributed by atoms with van der Waals surface area (Å²) in [4.78, 5) is 15.0. The third-order valence-corrected chi connectivity index (χ3v) is 7.40. The summed E-state index contributed by atoms with van der Waals surface area (Å²) < 4.78 is 38.6. The normalized spacial score (nSPS) is 24.4. The Kier molecular flexibility index (Phi) is 5.69. The molecule has 3 heterocycles. The van der Waals surface area contributed by atoms with Crippen LogP contribution < -0.4 is 5.32 Å². The number of anilines is 1. The first-order chi connectivity index (χ1) is 13.9. The van der Waals surface area contributed by atoms with Gasteiger partial charge in [-0.15, -0.1) is 0 Å². The molecule has 0 aliphatic carbocycles. The molecule has 1 amide bonds. The molecule has 0 saturated carbocycles. The van der Waals surface area contributed by atoms with Gasteiger partial charge >= 0.3 is 0 Å². The molecule has 7 nitrogen and oxygen atoms in total. The van der Waals surface area contributed by atoms with Crippen LogP contribution in [0, 0.1) is 11.7 Å². The van der Waals surface area contributed by atoms with Crippen LogP contribution in [0.15, 0.2) is 36.5 Å². The van der Waals surface area contributed by atoms with E-state index in [1.54, 1.807) is 23.0 Å². The van der Waals surface area contributed by atoms with E-state index in [0.29, 0.717) is 25.3 Å². The Hall–Kier alpha value is -2.26. The second-order valence-electron chi connectivity index (χ2n) is 7.91. The second-order valence-corrected chi connectivity index (χ2v) is 10.1. The zero-order chi connectivity index (χ0) is 20.4. The van der Waals surface area contributed by atoms with Crippen LogP contribution in [0.1, 0.15) is 30.9 Å². The van der Waals surface area contributed by atoms with E-state index >= 15 is 0 Å². The third kappa shape index (κ3) is 4.84. The number of halogens is 1. The van der Waals surface area contributed by atoms with Gasteiger partial charge in [-0.25, -0.2) is 17.5 Å². The summed E-state index contributed by atoms with van der Waals surface area (Å²) in [7, 11) is -3.03. The van der Waals surface area contributed by atoms with Crippen LogP contribution in [0.4, 0.5) is 10.2 Å². The molecular formula is C20H25FN4O3S. The highest BCUT2D eigenvalue weighted by Crippen LogP contribution is 2.27. The summed E-state index contributed by atoms with van der Waals surface area (Å²) in [6.45, 7) is 2.09. The molecule has 2 fully saturated rings. The quantitative estimate of drug-likeness (QED) is 0.802. The minimum absolute atomic E-state index is 0.0579. The Morgan fingerprint density at radius 2 is 2.14 bits per heavy atom. The van der Waals surface area contributed by atoms with E-state index in [1.807, 2.05) is 6.07 Å². The highest BCUT2D eigenvalue weighted by Gasteiger charge is 2.32. The average molecular weight is 421 g/mol. The highest BCUT2D eigenvalue weighted by atomic mass is 32.2. The second kappa shape index (κ2) is 8.23. The molecule has 2 saturated heterocycles. The topological polar surface area (TPSA) is 84.3 Å². The predicted molar refractivity (Wildman–Crippen MR) is 108 cm³/mol. The van der Waals surface area contributed by atoms with Crippen molar-refractivity contribution in [2.45, 2.75) is 31.8 Å². The lowest BCUT2D eigenvalue weighted by molar-refractivity contribution is -0.121. The van der Waals surface area contributed by atoms with Gasteiger partial charge in [0.25, 0.3) is 0 Å². The van der Waals surface area contributed by atoms with Crippen molar-refractivity contribution in [1.29, 1.82) is 0 Å². The third-order valence-electron chi connectivity index (χ3n) is 5.65. The zero-order valence-corrected chi connectivity index (χ0v) is 16.9. The van der Waals surface area contributed by atoms with E-state index in [2.05, 4.69) is 15.3 Å². The monoisotopic (exact) mass is 420 g/mol. The largest absolute Gasteiger partial charge is 0.311 e. The molecule has 29 heavy (non-hydrogen) atoms. The van der Waals surface area contributed by atoms with Gasteiger partial charge in [-0.1, -0.05) is 12.1 Å². The number of hydrogen-bond acceptors (Lipinski definition) is 5. The van der Waals surface area contributed by atoms with Gasteiger partial charge in [-0.3, -0.25) is 9.69 Å². The van der Waals surface area contributed by atoms with E-state index in [4.69, 9.17) is 0 Å². The van der Waals surface area contributed by atoms with E-state index in [-0.39, 0.29) is 35.2 Å². The van der Waals surface area contributed by atoms with Crippen LogP contribution in [0.25, 0.3) is 0 Å². The number of piperidine rings is 1. The lowest BCUT2D eigenvalue weighted by Gasteiger charge is -2.32. The molecule has 1 N–H and O–H groups in total. The first-order valence-electron chi connectivity index (χ1n) is 9.91. The number of hydrogen-bond donors (Lipinski definition) is 1. The molecular weight excluding hydrogens is 395 g/mol. The van der Waals surface area contributed by atoms with Crippen LogP contribution in [0.3, 0.4) is 0 Å². The van der Waals surface area contributed by atoms with Gasteiger partial charge < -0.3 is 5.32 Å². The standard InChI is InChI=1S/C20H25FN4O3S/c21-17-5-1-3-15(11-17)12-24-9-2-4-16(13-24)20(26)23-19-6-8-22-25(19)18-7-10-29(27,28)14-18/h1,3,5-6,8,11,16,18H,2,4,7,9-10,12-14H2,(H,23,26)/t16-,18-/m1/s1. The zero-order valence-electron chi connectivity index (χ0n) is 16.1.